The first kappa shape index (κ1) is 32.1. The minimum Gasteiger partial charge on any atom is -0.317 e. The molecule has 3 aromatic heterocycles. The third-order valence-corrected chi connectivity index (χ3v) is 9.89. The number of fused-ring (bicyclic) bond motifs is 1. The van der Waals surface area contributed by atoms with Crippen LogP contribution in [-0.4, -0.2) is 70.4 Å². The summed E-state index contributed by atoms with van der Waals surface area (Å²) in [5.74, 6) is 0.439. The molecule has 3 atom stereocenters. The van der Waals surface area contributed by atoms with Gasteiger partial charge in [-0.05, 0) is 84.6 Å². The summed E-state index contributed by atoms with van der Waals surface area (Å²) in [6, 6.07) is 6.86. The summed E-state index contributed by atoms with van der Waals surface area (Å²) >= 11 is 5.64. The number of halogens is 2. The van der Waals surface area contributed by atoms with E-state index in [2.05, 4.69) is 69.2 Å². The zero-order valence-corrected chi connectivity index (χ0v) is 28.9. The average Bonchev–Trinajstić information content (AvgIpc) is 3.52. The van der Waals surface area contributed by atoms with Crippen LogP contribution >= 0.6 is 38.5 Å². The molecule has 1 saturated heterocycles. The van der Waals surface area contributed by atoms with Crippen molar-refractivity contribution in [1.29, 1.82) is 0 Å². The highest BCUT2D eigenvalue weighted by molar-refractivity contribution is 14.1. The number of likely N-dealkylation sites (tertiary alicyclic amines) is 1. The van der Waals surface area contributed by atoms with Gasteiger partial charge in [-0.15, -0.1) is 0 Å². The summed E-state index contributed by atoms with van der Waals surface area (Å²) in [7, 11) is 0. The number of hydrogen-bond acceptors (Lipinski definition) is 8. The number of carbonyl (C=O) groups is 3. The Kier molecular flexibility index (Phi) is 9.75. The molecule has 2 amide bonds. The summed E-state index contributed by atoms with van der Waals surface area (Å²) in [6.07, 6.45) is 4.00. The topological polar surface area (TPSA) is 135 Å². The third-order valence-electron chi connectivity index (χ3n) is 7.84. The van der Waals surface area contributed by atoms with Gasteiger partial charge < -0.3 is 15.5 Å². The van der Waals surface area contributed by atoms with Crippen LogP contribution in [0, 0.1) is 26.7 Å². The fourth-order valence-corrected chi connectivity index (χ4v) is 7.17. The molecule has 2 N–H and O–H groups in total. The number of alkyl halides is 1. The van der Waals surface area contributed by atoms with Crippen LogP contribution < -0.4 is 10.6 Å². The number of nitrogens with one attached hydrogen (secondary N) is 2. The van der Waals surface area contributed by atoms with Crippen LogP contribution in [0.25, 0.3) is 22.0 Å². The maximum absolute atomic E-state index is 14.1. The summed E-state index contributed by atoms with van der Waals surface area (Å²) in [6.45, 7) is 10.5. The fraction of sp³-hybridized carbons (Fsp3) is 0.387. The van der Waals surface area contributed by atoms with Crippen LogP contribution in [0.1, 0.15) is 47.7 Å². The highest BCUT2D eigenvalue weighted by atomic mass is 127. The fourth-order valence-electron chi connectivity index (χ4n) is 5.62. The molecule has 0 unspecified atom stereocenters. The van der Waals surface area contributed by atoms with E-state index in [4.69, 9.17) is 0 Å². The van der Waals surface area contributed by atoms with E-state index in [9.17, 15) is 14.4 Å². The van der Waals surface area contributed by atoms with E-state index in [1.807, 2.05) is 52.0 Å². The molecule has 0 bridgehead atoms. The zero-order valence-electron chi connectivity index (χ0n) is 25.2. The minimum atomic E-state index is -0.698. The van der Waals surface area contributed by atoms with Crippen LogP contribution in [0.3, 0.4) is 0 Å². The zero-order chi connectivity index (χ0) is 31.7. The van der Waals surface area contributed by atoms with Gasteiger partial charge in [0.15, 0.2) is 5.78 Å². The van der Waals surface area contributed by atoms with Crippen molar-refractivity contribution < 1.29 is 14.4 Å². The lowest BCUT2D eigenvalue weighted by molar-refractivity contribution is -0.137. The van der Waals surface area contributed by atoms with Crippen molar-refractivity contribution in [3.8, 4) is 11.1 Å². The Morgan fingerprint density at radius 1 is 1.07 bits per heavy atom. The van der Waals surface area contributed by atoms with E-state index in [1.165, 1.54) is 6.92 Å². The van der Waals surface area contributed by atoms with Crippen LogP contribution in [-0.2, 0) is 16.1 Å². The van der Waals surface area contributed by atoms with Gasteiger partial charge in [0, 0.05) is 42.7 Å². The Labute approximate surface area is 277 Å². The smallest absolute Gasteiger partial charge is 0.248 e. The van der Waals surface area contributed by atoms with Crippen LogP contribution in [0.15, 0.2) is 41.3 Å². The van der Waals surface area contributed by atoms with Crippen LogP contribution in [0.4, 0.5) is 5.82 Å². The van der Waals surface area contributed by atoms with Gasteiger partial charge in [0.25, 0.3) is 0 Å². The highest BCUT2D eigenvalue weighted by Crippen LogP contribution is 2.36. The van der Waals surface area contributed by atoms with Gasteiger partial charge in [-0.3, -0.25) is 19.1 Å². The first-order valence-electron chi connectivity index (χ1n) is 14.4. The molecule has 13 heteroatoms. The normalized spacial score (nSPS) is 18.2. The van der Waals surface area contributed by atoms with Crippen molar-refractivity contribution in [2.24, 2.45) is 5.92 Å². The lowest BCUT2D eigenvalue weighted by Gasteiger charge is -2.28. The number of amides is 2. The summed E-state index contributed by atoms with van der Waals surface area (Å²) < 4.78 is 1.97. The van der Waals surface area contributed by atoms with Gasteiger partial charge in [0.2, 0.25) is 11.8 Å². The lowest BCUT2D eigenvalue weighted by atomic mass is 10.0. The number of ketones is 1. The van der Waals surface area contributed by atoms with Crippen molar-refractivity contribution in [2.75, 3.05) is 18.4 Å². The van der Waals surface area contributed by atoms with Gasteiger partial charge in [-0.1, -0.05) is 35.6 Å². The molecule has 0 aliphatic carbocycles. The number of nitrogens with zero attached hydrogens (tertiary/aromatic N) is 6. The number of benzene rings is 1. The van der Waals surface area contributed by atoms with Crippen molar-refractivity contribution in [1.82, 2.24) is 34.9 Å². The molecule has 1 aromatic carbocycles. The molecule has 0 saturated carbocycles. The highest BCUT2D eigenvalue weighted by Gasteiger charge is 2.45. The number of anilines is 1. The van der Waals surface area contributed by atoms with E-state index >= 15 is 0 Å². The molecule has 1 aliphatic rings. The van der Waals surface area contributed by atoms with Gasteiger partial charge in [0.05, 0.1) is 9.57 Å². The second-order valence-corrected chi connectivity index (χ2v) is 13.1. The van der Waals surface area contributed by atoms with E-state index in [-0.39, 0.29) is 39.8 Å². The summed E-state index contributed by atoms with van der Waals surface area (Å²) in [5, 5.41) is 11.6. The molecule has 0 radical (unpaired) electrons. The van der Waals surface area contributed by atoms with E-state index in [0.29, 0.717) is 40.1 Å². The molecule has 11 nitrogen and oxygen atoms in total. The molecule has 44 heavy (non-hydrogen) atoms. The van der Waals surface area contributed by atoms with E-state index in [1.54, 1.807) is 22.0 Å². The predicted octanol–water partition coefficient (Wildman–Crippen LogP) is 5.01. The number of Topliss-reactive ketones (excluding diaryl/α,β-unsaturated/α-hetero) is 1. The number of rotatable bonds is 9. The van der Waals surface area contributed by atoms with Gasteiger partial charge >= 0.3 is 0 Å². The third kappa shape index (κ3) is 6.54. The van der Waals surface area contributed by atoms with Crippen molar-refractivity contribution in [2.45, 2.75) is 57.7 Å². The Balaban J connectivity index is 1.49. The summed E-state index contributed by atoms with van der Waals surface area (Å²) in [5.41, 5.74) is 4.33. The van der Waals surface area contributed by atoms with Gasteiger partial charge in [0.1, 0.15) is 34.5 Å². The van der Waals surface area contributed by atoms with Crippen molar-refractivity contribution in [3.63, 3.8) is 0 Å². The molecular formula is C31H34BrIN8O3. The number of pyridine rings is 1. The lowest BCUT2D eigenvalue weighted by Crippen LogP contribution is -2.47. The molecule has 5 rings (SSSR count). The largest absolute Gasteiger partial charge is 0.317 e. The quantitative estimate of drug-likeness (QED) is 0.0799. The molecule has 0 spiro atoms. The average molecular weight is 773 g/mol. The van der Waals surface area contributed by atoms with E-state index < -0.39 is 6.04 Å². The van der Waals surface area contributed by atoms with Crippen molar-refractivity contribution in [3.05, 3.63) is 63.9 Å². The molecule has 4 heterocycles. The molecular weight excluding hydrogens is 739 g/mol. The Hall–Kier alpha value is -3.30. The van der Waals surface area contributed by atoms with E-state index in [0.717, 1.165) is 28.8 Å². The van der Waals surface area contributed by atoms with Gasteiger partial charge in [-0.25, -0.2) is 15.0 Å². The standard InChI is InChI=1S/C31H34BrIN8O3/c1-6-34-12-21-11-24(31(44)38-30-16(2)7-8-25(32)37-30)41(29(21)33)26(43)15-40-28-17(3)9-20(22-13-35-19(5)36-14-22)10-23(28)27(39-40)18(4)42/h7-10,13-14,21,24,29,34H,6,11-12,15H2,1-5H3,(H,37,38,44)/t21-,24+,29+/m1/s1. The SMILES string of the molecule is CCNC[C@H]1C[C@@H](C(=O)Nc2nc(Br)ccc2C)N(C(=O)Cn2nc(C(C)=O)c3cc(-c4cnc(C)nc4)cc(C)c32)[C@@H]1I. The Morgan fingerprint density at radius 2 is 1.80 bits per heavy atom. The van der Waals surface area contributed by atoms with Crippen molar-refractivity contribution >= 4 is 72.8 Å². The number of hydrogen-bond donors (Lipinski definition) is 2. The second-order valence-electron chi connectivity index (χ2n) is 11.1. The molecule has 1 fully saturated rings. The van der Waals surface area contributed by atoms with Crippen LogP contribution in [0.2, 0.25) is 0 Å². The molecule has 230 valence electrons. The van der Waals surface area contributed by atoms with Crippen LogP contribution in [0.5, 0.6) is 0 Å². The monoisotopic (exact) mass is 772 g/mol. The number of carbonyl (C=O) groups excluding carboxylic acids is 3. The Bertz CT molecular complexity index is 1740. The second kappa shape index (κ2) is 13.4. The number of aromatic nitrogens is 5. The Morgan fingerprint density at radius 3 is 2.48 bits per heavy atom. The summed E-state index contributed by atoms with van der Waals surface area (Å²) in [4.78, 5) is 55.2. The maximum Gasteiger partial charge on any atom is 0.248 e. The predicted molar refractivity (Wildman–Crippen MR) is 181 cm³/mol. The molecule has 1 aliphatic heterocycles. The first-order chi connectivity index (χ1) is 21.0. The minimum absolute atomic E-state index is 0.0648. The first-order valence-corrected chi connectivity index (χ1v) is 16.4. The molecule has 4 aromatic rings. The maximum atomic E-state index is 14.1. The van der Waals surface area contributed by atoms with Gasteiger partial charge in [-0.2, -0.15) is 5.10 Å². The number of aryl methyl sites for hydroxylation is 3.